The molecular formula is C10H14O. The first kappa shape index (κ1) is 8.25. The second kappa shape index (κ2) is 3.51. The molecule has 0 fully saturated rings. The highest BCUT2D eigenvalue weighted by molar-refractivity contribution is 5.93. The van der Waals surface area contributed by atoms with Crippen LogP contribution in [0.3, 0.4) is 0 Å². The Labute approximate surface area is 67.8 Å². The lowest BCUT2D eigenvalue weighted by molar-refractivity contribution is -0.114. The maximum absolute atomic E-state index is 10.8. The van der Waals surface area contributed by atoms with Crippen LogP contribution in [0, 0.1) is 5.92 Å². The highest BCUT2D eigenvalue weighted by Crippen LogP contribution is 2.16. The molecule has 0 aromatic rings. The zero-order chi connectivity index (χ0) is 8.27. The fraction of sp³-hybridized carbons (Fsp3) is 0.500. The van der Waals surface area contributed by atoms with Crippen LogP contribution in [0.25, 0.3) is 0 Å². The molecule has 0 aliphatic heterocycles. The van der Waals surface area contributed by atoms with Gasteiger partial charge in [0.05, 0.1) is 0 Å². The summed E-state index contributed by atoms with van der Waals surface area (Å²) in [6, 6.07) is 0. The van der Waals surface area contributed by atoms with Gasteiger partial charge >= 0.3 is 0 Å². The smallest absolute Gasteiger partial charge is 0.156 e. The van der Waals surface area contributed by atoms with Crippen molar-refractivity contribution in [3.63, 3.8) is 0 Å². The molecule has 0 spiro atoms. The lowest BCUT2D eigenvalue weighted by Gasteiger charge is -1.93. The van der Waals surface area contributed by atoms with Gasteiger partial charge in [0.15, 0.2) is 5.78 Å². The number of carbonyl (C=O) groups excluding carboxylic acids is 1. The van der Waals surface area contributed by atoms with E-state index >= 15 is 0 Å². The van der Waals surface area contributed by atoms with Gasteiger partial charge in [0.2, 0.25) is 0 Å². The molecule has 1 rings (SSSR count). The average Bonchev–Trinajstić information content (AvgIpc) is 2.31. The van der Waals surface area contributed by atoms with Crippen molar-refractivity contribution in [2.75, 3.05) is 0 Å². The van der Waals surface area contributed by atoms with Gasteiger partial charge in [-0.15, -0.1) is 0 Å². The molecule has 0 aromatic heterocycles. The Bertz CT molecular complexity index is 209. The Balaban J connectivity index is 2.50. The van der Waals surface area contributed by atoms with Gasteiger partial charge in [-0.3, -0.25) is 4.79 Å². The molecule has 0 bridgehead atoms. The van der Waals surface area contributed by atoms with Gasteiger partial charge in [0.1, 0.15) is 0 Å². The third-order valence-electron chi connectivity index (χ3n) is 1.70. The van der Waals surface area contributed by atoms with Crippen LogP contribution in [0.15, 0.2) is 23.8 Å². The monoisotopic (exact) mass is 150 g/mol. The summed E-state index contributed by atoms with van der Waals surface area (Å²) in [5.41, 5.74) is 1.18. The summed E-state index contributed by atoms with van der Waals surface area (Å²) in [7, 11) is 0. The molecule has 1 heteroatoms. The molecular weight excluding hydrogens is 136 g/mol. The molecule has 0 N–H and O–H groups in total. The number of hydrogen-bond donors (Lipinski definition) is 0. The predicted molar refractivity (Wildman–Crippen MR) is 46.3 cm³/mol. The first-order chi connectivity index (χ1) is 5.18. The number of carbonyl (C=O) groups is 1. The molecule has 1 nitrogen and oxygen atoms in total. The van der Waals surface area contributed by atoms with Crippen LogP contribution in [0.2, 0.25) is 0 Å². The minimum absolute atomic E-state index is 0.272. The third kappa shape index (κ3) is 2.71. The Hall–Kier alpha value is -0.850. The molecule has 11 heavy (non-hydrogen) atoms. The van der Waals surface area contributed by atoms with Gasteiger partial charge in [0, 0.05) is 6.42 Å². The van der Waals surface area contributed by atoms with Crippen molar-refractivity contribution in [1.29, 1.82) is 0 Å². The van der Waals surface area contributed by atoms with Crippen molar-refractivity contribution < 1.29 is 4.79 Å². The van der Waals surface area contributed by atoms with E-state index in [9.17, 15) is 4.79 Å². The van der Waals surface area contributed by atoms with Crippen molar-refractivity contribution in [3.8, 4) is 0 Å². The molecule has 60 valence electrons. The van der Waals surface area contributed by atoms with E-state index in [0.29, 0.717) is 12.3 Å². The van der Waals surface area contributed by atoms with Crippen molar-refractivity contribution in [2.24, 2.45) is 5.92 Å². The number of ketones is 1. The van der Waals surface area contributed by atoms with E-state index < -0.39 is 0 Å². The van der Waals surface area contributed by atoms with E-state index in [2.05, 4.69) is 26.0 Å². The first-order valence-electron chi connectivity index (χ1n) is 4.10. The van der Waals surface area contributed by atoms with Crippen LogP contribution >= 0.6 is 0 Å². The van der Waals surface area contributed by atoms with Gasteiger partial charge in [-0.2, -0.15) is 0 Å². The molecule has 0 amide bonds. The maximum Gasteiger partial charge on any atom is 0.156 e. The van der Waals surface area contributed by atoms with Crippen molar-refractivity contribution >= 4 is 5.78 Å². The second-order valence-electron chi connectivity index (χ2n) is 3.29. The molecule has 0 saturated carbocycles. The summed E-state index contributed by atoms with van der Waals surface area (Å²) in [6.45, 7) is 4.27. The molecule has 0 radical (unpaired) electrons. The minimum atomic E-state index is 0.272. The van der Waals surface area contributed by atoms with Gasteiger partial charge in [-0.25, -0.2) is 0 Å². The van der Waals surface area contributed by atoms with Crippen LogP contribution in [0.5, 0.6) is 0 Å². The molecule has 0 unspecified atom stereocenters. The Morgan fingerprint density at radius 2 is 2.18 bits per heavy atom. The van der Waals surface area contributed by atoms with Crippen LogP contribution in [0.4, 0.5) is 0 Å². The lowest BCUT2D eigenvalue weighted by atomic mass is 10.1. The number of hydrogen-bond acceptors (Lipinski definition) is 1. The maximum atomic E-state index is 10.8. The molecule has 0 heterocycles. The second-order valence-corrected chi connectivity index (χ2v) is 3.29. The Morgan fingerprint density at radius 1 is 1.45 bits per heavy atom. The lowest BCUT2D eigenvalue weighted by Crippen LogP contribution is -1.80. The van der Waals surface area contributed by atoms with Crippen molar-refractivity contribution in [1.82, 2.24) is 0 Å². The fourth-order valence-corrected chi connectivity index (χ4v) is 1.07. The van der Waals surface area contributed by atoms with Gasteiger partial charge in [-0.1, -0.05) is 26.0 Å². The van der Waals surface area contributed by atoms with Crippen molar-refractivity contribution in [2.45, 2.75) is 26.7 Å². The topological polar surface area (TPSA) is 17.1 Å². The van der Waals surface area contributed by atoms with Crippen LogP contribution in [-0.2, 0) is 4.79 Å². The summed E-state index contributed by atoms with van der Waals surface area (Å²) in [6.07, 6.45) is 7.58. The highest BCUT2D eigenvalue weighted by Gasteiger charge is 2.08. The largest absolute Gasteiger partial charge is 0.295 e. The van der Waals surface area contributed by atoms with Gasteiger partial charge < -0.3 is 0 Å². The molecule has 1 aliphatic rings. The summed E-state index contributed by atoms with van der Waals surface area (Å²) in [5.74, 6) is 0.847. The standard InChI is InChI=1S/C10H14O/c1-8(2)3-4-9-5-6-10(11)7-9/h3-4,7-8H,5-6H2,1-2H3. The fourth-order valence-electron chi connectivity index (χ4n) is 1.07. The SMILES string of the molecule is CC(C)C=CC1=CC(=O)CC1. The van der Waals surface area contributed by atoms with Gasteiger partial charge in [0.25, 0.3) is 0 Å². The van der Waals surface area contributed by atoms with Crippen LogP contribution in [0.1, 0.15) is 26.7 Å². The Morgan fingerprint density at radius 3 is 2.64 bits per heavy atom. The zero-order valence-electron chi connectivity index (χ0n) is 7.13. The first-order valence-corrected chi connectivity index (χ1v) is 4.10. The summed E-state index contributed by atoms with van der Waals surface area (Å²) >= 11 is 0. The predicted octanol–water partition coefficient (Wildman–Crippen LogP) is 2.49. The highest BCUT2D eigenvalue weighted by atomic mass is 16.1. The molecule has 0 saturated heterocycles. The van der Waals surface area contributed by atoms with E-state index in [1.165, 1.54) is 5.57 Å². The van der Waals surface area contributed by atoms with E-state index in [1.807, 2.05) is 0 Å². The summed E-state index contributed by atoms with van der Waals surface area (Å²) in [4.78, 5) is 10.8. The Kier molecular flexibility index (Phi) is 2.64. The molecule has 0 atom stereocenters. The normalized spacial score (nSPS) is 18.5. The molecule has 0 aromatic carbocycles. The molecule has 1 aliphatic carbocycles. The van der Waals surface area contributed by atoms with E-state index in [-0.39, 0.29) is 5.78 Å². The third-order valence-corrected chi connectivity index (χ3v) is 1.70. The van der Waals surface area contributed by atoms with E-state index in [4.69, 9.17) is 0 Å². The van der Waals surface area contributed by atoms with Crippen LogP contribution in [-0.4, -0.2) is 5.78 Å². The van der Waals surface area contributed by atoms with Crippen LogP contribution < -0.4 is 0 Å². The average molecular weight is 150 g/mol. The van der Waals surface area contributed by atoms with Crippen molar-refractivity contribution in [3.05, 3.63) is 23.8 Å². The van der Waals surface area contributed by atoms with E-state index in [0.717, 1.165) is 6.42 Å². The number of allylic oxidation sites excluding steroid dienone is 4. The zero-order valence-corrected chi connectivity index (χ0v) is 7.13. The quantitative estimate of drug-likeness (QED) is 0.591. The van der Waals surface area contributed by atoms with E-state index in [1.54, 1.807) is 6.08 Å². The summed E-state index contributed by atoms with van der Waals surface area (Å²) < 4.78 is 0. The summed E-state index contributed by atoms with van der Waals surface area (Å²) in [5, 5.41) is 0. The van der Waals surface area contributed by atoms with Gasteiger partial charge in [-0.05, 0) is 24.0 Å². The number of rotatable bonds is 2. The minimum Gasteiger partial charge on any atom is -0.295 e.